The molecule has 2 aromatic rings. The molecule has 8 heteroatoms. The number of ether oxygens (including phenoxy) is 1. The van der Waals surface area contributed by atoms with Gasteiger partial charge in [0.1, 0.15) is 11.9 Å². The molecular formula is C19H28N6O2. The highest BCUT2D eigenvalue weighted by Crippen LogP contribution is 2.29. The van der Waals surface area contributed by atoms with Gasteiger partial charge in [0.2, 0.25) is 0 Å². The van der Waals surface area contributed by atoms with Crippen LogP contribution >= 0.6 is 0 Å². The molecule has 0 bridgehead atoms. The molecule has 1 aliphatic carbocycles. The van der Waals surface area contributed by atoms with Crippen LogP contribution in [0.5, 0.6) is 0 Å². The molecule has 3 rings (SSSR count). The van der Waals surface area contributed by atoms with Crippen molar-refractivity contribution in [2.75, 3.05) is 11.1 Å². The monoisotopic (exact) mass is 372 g/mol. The number of nitrogen functional groups attached to an aromatic ring is 1. The van der Waals surface area contributed by atoms with Crippen molar-refractivity contribution in [3.8, 4) is 11.4 Å². The van der Waals surface area contributed by atoms with Gasteiger partial charge in [0.25, 0.3) is 0 Å². The molecule has 27 heavy (non-hydrogen) atoms. The van der Waals surface area contributed by atoms with E-state index in [9.17, 15) is 4.79 Å². The van der Waals surface area contributed by atoms with Crippen LogP contribution in [-0.4, -0.2) is 39.0 Å². The van der Waals surface area contributed by atoms with Crippen molar-refractivity contribution in [3.63, 3.8) is 0 Å². The van der Waals surface area contributed by atoms with Crippen LogP contribution in [0.4, 0.5) is 16.2 Å². The fourth-order valence-corrected chi connectivity index (χ4v) is 3.32. The lowest BCUT2D eigenvalue weighted by atomic mass is 9.90. The van der Waals surface area contributed by atoms with E-state index in [1.165, 1.54) is 6.33 Å². The average Bonchev–Trinajstić information content (AvgIpc) is 3.10. The molecule has 1 aromatic carbocycles. The first-order valence-corrected chi connectivity index (χ1v) is 9.31. The number of amides is 1. The van der Waals surface area contributed by atoms with Gasteiger partial charge in [-0.3, -0.25) is 5.10 Å². The predicted molar refractivity (Wildman–Crippen MR) is 105 cm³/mol. The van der Waals surface area contributed by atoms with Gasteiger partial charge in [-0.05, 0) is 64.7 Å². The maximum absolute atomic E-state index is 12.0. The van der Waals surface area contributed by atoms with Gasteiger partial charge >= 0.3 is 6.09 Å². The van der Waals surface area contributed by atoms with Crippen LogP contribution in [0.25, 0.3) is 11.4 Å². The minimum absolute atomic E-state index is 0.0878. The van der Waals surface area contributed by atoms with Gasteiger partial charge in [-0.15, -0.1) is 0 Å². The van der Waals surface area contributed by atoms with Crippen LogP contribution in [-0.2, 0) is 4.74 Å². The Labute approximate surface area is 159 Å². The number of nitrogens with one attached hydrogen (secondary N) is 3. The number of aromatic nitrogens is 3. The summed E-state index contributed by atoms with van der Waals surface area (Å²) in [5.41, 5.74) is 8.12. The van der Waals surface area contributed by atoms with Crippen molar-refractivity contribution in [2.24, 2.45) is 0 Å². The second-order valence-electron chi connectivity index (χ2n) is 7.99. The Morgan fingerprint density at radius 1 is 1.30 bits per heavy atom. The van der Waals surface area contributed by atoms with Crippen LogP contribution < -0.4 is 16.4 Å². The van der Waals surface area contributed by atoms with E-state index < -0.39 is 5.60 Å². The molecule has 0 saturated heterocycles. The van der Waals surface area contributed by atoms with Crippen LogP contribution in [0.15, 0.2) is 24.5 Å². The maximum atomic E-state index is 12.0. The number of nitrogens with two attached hydrogens (primary N) is 1. The molecule has 2 unspecified atom stereocenters. The summed E-state index contributed by atoms with van der Waals surface area (Å²) >= 11 is 0. The van der Waals surface area contributed by atoms with Gasteiger partial charge in [0.05, 0.1) is 11.4 Å². The van der Waals surface area contributed by atoms with Crippen LogP contribution in [0, 0.1) is 0 Å². The number of nitrogens with zero attached hydrogens (tertiary/aromatic N) is 2. The number of anilines is 2. The van der Waals surface area contributed by atoms with Crippen molar-refractivity contribution in [3.05, 3.63) is 24.5 Å². The molecule has 1 amide bonds. The molecule has 1 aliphatic rings. The van der Waals surface area contributed by atoms with E-state index in [4.69, 9.17) is 10.5 Å². The number of benzene rings is 1. The zero-order valence-corrected chi connectivity index (χ0v) is 16.1. The highest BCUT2D eigenvalue weighted by Gasteiger charge is 2.25. The van der Waals surface area contributed by atoms with Crippen LogP contribution in [0.2, 0.25) is 0 Å². The molecule has 0 spiro atoms. The fraction of sp³-hybridized carbons (Fsp3) is 0.526. The first-order valence-electron chi connectivity index (χ1n) is 9.31. The smallest absolute Gasteiger partial charge is 0.407 e. The Bertz CT molecular complexity index is 769. The largest absolute Gasteiger partial charge is 0.444 e. The molecule has 146 valence electrons. The second-order valence-corrected chi connectivity index (χ2v) is 7.99. The quantitative estimate of drug-likeness (QED) is 0.612. The van der Waals surface area contributed by atoms with E-state index in [-0.39, 0.29) is 18.2 Å². The summed E-state index contributed by atoms with van der Waals surface area (Å²) in [7, 11) is 0. The zero-order chi connectivity index (χ0) is 19.4. The van der Waals surface area contributed by atoms with Gasteiger partial charge < -0.3 is 21.1 Å². The van der Waals surface area contributed by atoms with Crippen LogP contribution in [0.3, 0.4) is 0 Å². The SMILES string of the molecule is CC(C)(C)OC(=O)NC1CCCC(Nc2cc(-c3ncn[nH]3)ccc2N)C1. The molecule has 1 saturated carbocycles. The summed E-state index contributed by atoms with van der Waals surface area (Å²) < 4.78 is 5.36. The van der Waals surface area contributed by atoms with E-state index in [0.29, 0.717) is 11.5 Å². The molecule has 2 atom stereocenters. The normalized spacial score (nSPS) is 20.1. The van der Waals surface area contributed by atoms with E-state index >= 15 is 0 Å². The maximum Gasteiger partial charge on any atom is 0.407 e. The van der Waals surface area contributed by atoms with Crippen LogP contribution in [0.1, 0.15) is 46.5 Å². The third kappa shape index (κ3) is 5.35. The highest BCUT2D eigenvalue weighted by atomic mass is 16.6. The molecule has 1 heterocycles. The molecule has 0 aliphatic heterocycles. The van der Waals surface area contributed by atoms with Crippen molar-refractivity contribution in [1.29, 1.82) is 0 Å². The lowest BCUT2D eigenvalue weighted by Crippen LogP contribution is -2.43. The molecule has 1 aromatic heterocycles. The summed E-state index contributed by atoms with van der Waals surface area (Å²) in [6.45, 7) is 5.59. The standard InChI is InChI=1S/C19H28N6O2/c1-19(2,3)27-18(26)24-14-6-4-5-13(10-14)23-16-9-12(7-8-15(16)20)17-21-11-22-25-17/h7-9,11,13-14,23H,4-6,10,20H2,1-3H3,(H,24,26)(H,21,22,25). The zero-order valence-electron chi connectivity index (χ0n) is 16.1. The highest BCUT2D eigenvalue weighted by molar-refractivity contribution is 5.74. The van der Waals surface area contributed by atoms with Crippen molar-refractivity contribution in [2.45, 2.75) is 64.1 Å². The Morgan fingerprint density at radius 3 is 2.78 bits per heavy atom. The lowest BCUT2D eigenvalue weighted by Gasteiger charge is -2.32. The lowest BCUT2D eigenvalue weighted by molar-refractivity contribution is 0.0492. The van der Waals surface area contributed by atoms with E-state index in [1.807, 2.05) is 39.0 Å². The summed E-state index contributed by atoms with van der Waals surface area (Å²) in [6, 6.07) is 6.06. The van der Waals surface area contributed by atoms with Gasteiger partial charge in [0, 0.05) is 17.6 Å². The average molecular weight is 372 g/mol. The number of H-pyrrole nitrogens is 1. The second kappa shape index (κ2) is 7.85. The predicted octanol–water partition coefficient (Wildman–Crippen LogP) is 3.30. The molecular weight excluding hydrogens is 344 g/mol. The van der Waals surface area contributed by atoms with Crippen molar-refractivity contribution < 1.29 is 9.53 Å². The Balaban J connectivity index is 1.62. The minimum Gasteiger partial charge on any atom is -0.444 e. The van der Waals surface area contributed by atoms with E-state index in [2.05, 4.69) is 25.8 Å². The molecule has 8 nitrogen and oxygen atoms in total. The number of aromatic amines is 1. The Kier molecular flexibility index (Phi) is 5.53. The Hall–Kier alpha value is -2.77. The fourth-order valence-electron chi connectivity index (χ4n) is 3.32. The third-order valence-corrected chi connectivity index (χ3v) is 4.50. The molecule has 1 fully saturated rings. The van der Waals surface area contributed by atoms with Crippen molar-refractivity contribution >= 4 is 17.5 Å². The minimum atomic E-state index is -0.494. The topological polar surface area (TPSA) is 118 Å². The third-order valence-electron chi connectivity index (χ3n) is 4.50. The number of hydrogen-bond acceptors (Lipinski definition) is 6. The molecule has 5 N–H and O–H groups in total. The summed E-state index contributed by atoms with van der Waals surface area (Å²) in [4.78, 5) is 16.2. The summed E-state index contributed by atoms with van der Waals surface area (Å²) in [5.74, 6) is 0.700. The number of rotatable bonds is 4. The number of alkyl carbamates (subject to hydrolysis) is 1. The first-order chi connectivity index (χ1) is 12.8. The first kappa shape index (κ1) is 19.0. The molecule has 0 radical (unpaired) electrons. The van der Waals surface area contributed by atoms with Gasteiger partial charge in [-0.25, -0.2) is 9.78 Å². The van der Waals surface area contributed by atoms with E-state index in [0.717, 1.165) is 36.9 Å². The summed E-state index contributed by atoms with van der Waals surface area (Å²) in [5, 5.41) is 13.3. The number of hydrogen-bond donors (Lipinski definition) is 4. The summed E-state index contributed by atoms with van der Waals surface area (Å²) in [6.07, 6.45) is 4.95. The van der Waals surface area contributed by atoms with Crippen molar-refractivity contribution in [1.82, 2.24) is 20.5 Å². The van der Waals surface area contributed by atoms with Gasteiger partial charge in [-0.2, -0.15) is 5.10 Å². The van der Waals surface area contributed by atoms with E-state index in [1.54, 1.807) is 0 Å². The van der Waals surface area contributed by atoms with Gasteiger partial charge in [-0.1, -0.05) is 0 Å². The number of carbonyl (C=O) groups is 1. The van der Waals surface area contributed by atoms with Gasteiger partial charge in [0.15, 0.2) is 5.82 Å². The Morgan fingerprint density at radius 2 is 2.07 bits per heavy atom. The number of carbonyl (C=O) groups excluding carboxylic acids is 1.